The van der Waals surface area contributed by atoms with Crippen LogP contribution in [0.3, 0.4) is 0 Å². The van der Waals surface area contributed by atoms with E-state index in [0.29, 0.717) is 18.0 Å². The Kier molecular flexibility index (Phi) is 6.09. The SMILES string of the molecule is CC[C@@H](NC(=O)N1CCC[C@@H]2CN3CCc4ccccc4[C@@H]3C[C@@H]21)c1cccc(OC)c1. The number of likely N-dealkylation sites (tertiary alicyclic amines) is 1. The molecule has 2 aromatic rings. The van der Waals surface area contributed by atoms with E-state index in [1.165, 1.54) is 17.5 Å². The summed E-state index contributed by atoms with van der Waals surface area (Å²) in [7, 11) is 1.68. The summed E-state index contributed by atoms with van der Waals surface area (Å²) in [5, 5.41) is 3.35. The predicted octanol–water partition coefficient (Wildman–Crippen LogP) is 4.94. The second-order valence-corrected chi connectivity index (χ2v) is 9.55. The van der Waals surface area contributed by atoms with Gasteiger partial charge in [-0.2, -0.15) is 0 Å². The summed E-state index contributed by atoms with van der Waals surface area (Å²) in [5.41, 5.74) is 4.07. The normalized spacial score (nSPS) is 25.8. The fourth-order valence-electron chi connectivity index (χ4n) is 6.16. The Bertz CT molecular complexity index is 961. The van der Waals surface area contributed by atoms with Gasteiger partial charge in [0.25, 0.3) is 0 Å². The zero-order chi connectivity index (χ0) is 22.1. The highest BCUT2D eigenvalue weighted by atomic mass is 16.5. The molecular weight excluding hydrogens is 398 g/mol. The molecule has 0 aromatic heterocycles. The van der Waals surface area contributed by atoms with Crippen molar-refractivity contribution in [3.8, 4) is 5.75 Å². The lowest BCUT2D eigenvalue weighted by Gasteiger charge is -2.52. The van der Waals surface area contributed by atoms with Crippen molar-refractivity contribution in [3.63, 3.8) is 0 Å². The van der Waals surface area contributed by atoms with Crippen LogP contribution < -0.4 is 10.1 Å². The Morgan fingerprint density at radius 3 is 2.91 bits per heavy atom. The Morgan fingerprint density at radius 2 is 2.06 bits per heavy atom. The first-order chi connectivity index (χ1) is 15.7. The molecule has 3 aliphatic heterocycles. The number of nitrogens with zero attached hydrogens (tertiary/aromatic N) is 2. The van der Waals surface area contributed by atoms with Gasteiger partial charge in [-0.3, -0.25) is 4.90 Å². The van der Waals surface area contributed by atoms with Crippen molar-refractivity contribution < 1.29 is 9.53 Å². The predicted molar refractivity (Wildman–Crippen MR) is 127 cm³/mol. The number of amides is 2. The molecular formula is C27H35N3O2. The number of rotatable bonds is 4. The first kappa shape index (κ1) is 21.3. The number of benzene rings is 2. The average molecular weight is 434 g/mol. The number of ether oxygens (including phenoxy) is 1. The minimum atomic E-state index is -0.00604. The summed E-state index contributed by atoms with van der Waals surface area (Å²) >= 11 is 0. The zero-order valence-corrected chi connectivity index (χ0v) is 19.3. The first-order valence-electron chi connectivity index (χ1n) is 12.2. The fourth-order valence-corrected chi connectivity index (χ4v) is 6.16. The molecule has 0 saturated carbocycles. The number of nitrogens with one attached hydrogen (secondary N) is 1. The maximum absolute atomic E-state index is 13.5. The molecule has 0 radical (unpaired) electrons. The van der Waals surface area contributed by atoms with Crippen LogP contribution in [-0.4, -0.2) is 48.6 Å². The summed E-state index contributed by atoms with van der Waals surface area (Å²) in [5.74, 6) is 1.41. The standard InChI is InChI=1S/C27H35N3O2/c1-3-24(20-9-6-11-22(16-20)32-2)28-27(31)30-14-7-10-21-18-29-15-13-19-8-4-5-12-23(19)26(29)17-25(21)30/h4-6,8-9,11-12,16,21,24-26H,3,7,10,13-15,17-18H2,1-2H3,(H,28,31)/t21-,24-,25+,26+/m1/s1. The smallest absolute Gasteiger partial charge is 0.318 e. The van der Waals surface area contributed by atoms with E-state index in [0.717, 1.165) is 56.6 Å². The van der Waals surface area contributed by atoms with E-state index in [4.69, 9.17) is 4.74 Å². The highest BCUT2D eigenvalue weighted by Gasteiger charge is 2.44. The van der Waals surface area contributed by atoms with E-state index in [-0.39, 0.29) is 12.1 Å². The number of hydrogen-bond donors (Lipinski definition) is 1. The third-order valence-electron chi connectivity index (χ3n) is 7.84. The maximum atomic E-state index is 13.5. The summed E-state index contributed by atoms with van der Waals surface area (Å²) in [6.07, 6.45) is 5.37. The van der Waals surface area contributed by atoms with Crippen LogP contribution in [0.2, 0.25) is 0 Å². The summed E-state index contributed by atoms with van der Waals surface area (Å²) in [6, 6.07) is 17.8. The van der Waals surface area contributed by atoms with Gasteiger partial charge in [0.05, 0.1) is 13.2 Å². The molecule has 1 N–H and O–H groups in total. The number of piperidine rings is 2. The van der Waals surface area contributed by atoms with Crippen molar-refractivity contribution in [2.24, 2.45) is 5.92 Å². The van der Waals surface area contributed by atoms with Crippen molar-refractivity contribution in [1.29, 1.82) is 0 Å². The topological polar surface area (TPSA) is 44.8 Å². The van der Waals surface area contributed by atoms with Gasteiger partial charge in [-0.05, 0) is 66.8 Å². The molecule has 4 atom stereocenters. The molecule has 2 amide bonds. The molecule has 3 heterocycles. The number of methoxy groups -OCH3 is 1. The van der Waals surface area contributed by atoms with Gasteiger partial charge in [-0.25, -0.2) is 4.79 Å². The van der Waals surface area contributed by atoms with Crippen molar-refractivity contribution >= 4 is 6.03 Å². The van der Waals surface area contributed by atoms with E-state index in [2.05, 4.69) is 52.4 Å². The molecule has 0 bridgehead atoms. The monoisotopic (exact) mass is 433 g/mol. The molecule has 5 heteroatoms. The molecule has 3 aliphatic rings. The third kappa shape index (κ3) is 3.99. The van der Waals surface area contributed by atoms with Gasteiger partial charge in [0.1, 0.15) is 5.75 Å². The number of urea groups is 1. The molecule has 2 fully saturated rings. The number of carbonyl (C=O) groups excluding carboxylic acids is 1. The Labute approximate surface area is 191 Å². The van der Waals surface area contributed by atoms with E-state index in [1.54, 1.807) is 7.11 Å². The van der Waals surface area contributed by atoms with E-state index >= 15 is 0 Å². The van der Waals surface area contributed by atoms with Crippen LogP contribution in [0.1, 0.15) is 61.4 Å². The second kappa shape index (κ2) is 9.14. The molecule has 170 valence electrons. The molecule has 2 aromatic carbocycles. The van der Waals surface area contributed by atoms with Gasteiger partial charge in [0, 0.05) is 31.7 Å². The van der Waals surface area contributed by atoms with Crippen LogP contribution in [0.5, 0.6) is 5.75 Å². The Morgan fingerprint density at radius 1 is 1.19 bits per heavy atom. The van der Waals surface area contributed by atoms with Gasteiger partial charge >= 0.3 is 6.03 Å². The van der Waals surface area contributed by atoms with E-state index in [9.17, 15) is 4.79 Å². The molecule has 0 spiro atoms. The van der Waals surface area contributed by atoms with Crippen LogP contribution in [0.25, 0.3) is 0 Å². The minimum absolute atomic E-state index is 0.00604. The Hall–Kier alpha value is -2.53. The van der Waals surface area contributed by atoms with Crippen LogP contribution in [-0.2, 0) is 6.42 Å². The quantitative estimate of drug-likeness (QED) is 0.743. The maximum Gasteiger partial charge on any atom is 0.318 e. The molecule has 0 unspecified atom stereocenters. The summed E-state index contributed by atoms with van der Waals surface area (Å²) in [6.45, 7) is 5.24. The minimum Gasteiger partial charge on any atom is -0.497 e. The molecule has 2 saturated heterocycles. The average Bonchev–Trinajstić information content (AvgIpc) is 2.85. The lowest BCUT2D eigenvalue weighted by molar-refractivity contribution is 0.00521. The Balaban J connectivity index is 1.34. The molecule has 0 aliphatic carbocycles. The van der Waals surface area contributed by atoms with E-state index < -0.39 is 0 Å². The van der Waals surface area contributed by atoms with Crippen LogP contribution in [0, 0.1) is 5.92 Å². The van der Waals surface area contributed by atoms with E-state index in [1.807, 2.05) is 18.2 Å². The largest absolute Gasteiger partial charge is 0.497 e. The van der Waals surface area contributed by atoms with Crippen molar-refractivity contribution in [1.82, 2.24) is 15.1 Å². The van der Waals surface area contributed by atoms with Crippen LogP contribution in [0.15, 0.2) is 48.5 Å². The first-order valence-corrected chi connectivity index (χ1v) is 12.2. The van der Waals surface area contributed by atoms with Crippen LogP contribution >= 0.6 is 0 Å². The fraction of sp³-hybridized carbons (Fsp3) is 0.519. The van der Waals surface area contributed by atoms with Crippen molar-refractivity contribution in [2.75, 3.05) is 26.7 Å². The highest BCUT2D eigenvalue weighted by Crippen LogP contribution is 2.42. The number of fused-ring (bicyclic) bond motifs is 4. The van der Waals surface area contributed by atoms with Gasteiger partial charge in [0.2, 0.25) is 0 Å². The van der Waals surface area contributed by atoms with Gasteiger partial charge in [-0.1, -0.05) is 43.3 Å². The molecule has 5 nitrogen and oxygen atoms in total. The van der Waals surface area contributed by atoms with Gasteiger partial charge in [0.15, 0.2) is 0 Å². The lowest BCUT2D eigenvalue weighted by atomic mass is 9.77. The second-order valence-electron chi connectivity index (χ2n) is 9.55. The summed E-state index contributed by atoms with van der Waals surface area (Å²) < 4.78 is 5.39. The van der Waals surface area contributed by atoms with Crippen LogP contribution in [0.4, 0.5) is 4.79 Å². The third-order valence-corrected chi connectivity index (χ3v) is 7.84. The number of carbonyl (C=O) groups is 1. The summed E-state index contributed by atoms with van der Waals surface area (Å²) in [4.78, 5) is 18.4. The highest BCUT2D eigenvalue weighted by molar-refractivity contribution is 5.75. The molecule has 32 heavy (non-hydrogen) atoms. The molecule has 5 rings (SSSR count). The van der Waals surface area contributed by atoms with Gasteiger partial charge < -0.3 is 15.0 Å². The van der Waals surface area contributed by atoms with Crippen molar-refractivity contribution in [2.45, 2.75) is 57.2 Å². The zero-order valence-electron chi connectivity index (χ0n) is 19.3. The van der Waals surface area contributed by atoms with Gasteiger partial charge in [-0.15, -0.1) is 0 Å². The van der Waals surface area contributed by atoms with Crippen molar-refractivity contribution in [3.05, 3.63) is 65.2 Å². The number of hydrogen-bond acceptors (Lipinski definition) is 3. The lowest BCUT2D eigenvalue weighted by Crippen LogP contribution is -2.59.